The molecule has 110 valence electrons. The molecule has 4 heteroatoms. The van der Waals surface area contributed by atoms with Crippen molar-refractivity contribution < 1.29 is 4.79 Å². The van der Waals surface area contributed by atoms with Gasteiger partial charge in [-0.1, -0.05) is 6.92 Å². The number of carbonyl (C=O) groups is 1. The molecule has 3 unspecified atom stereocenters. The predicted molar refractivity (Wildman–Crippen MR) is 77.9 cm³/mol. The first kappa shape index (κ1) is 14.8. The molecule has 0 aromatic heterocycles. The van der Waals surface area contributed by atoms with Crippen LogP contribution < -0.4 is 5.73 Å². The zero-order valence-corrected chi connectivity index (χ0v) is 12.5. The fraction of sp³-hybridized carbons (Fsp3) is 0.933. The molecule has 0 bridgehead atoms. The Labute approximate surface area is 117 Å². The van der Waals surface area contributed by atoms with Crippen LogP contribution in [0.25, 0.3) is 0 Å². The van der Waals surface area contributed by atoms with Gasteiger partial charge in [-0.25, -0.2) is 0 Å². The Kier molecular flexibility index (Phi) is 5.22. The number of carbonyl (C=O) groups excluding carboxylic acids is 1. The summed E-state index contributed by atoms with van der Waals surface area (Å²) in [6, 6.07) is 1.43. The maximum absolute atomic E-state index is 12.3. The Morgan fingerprint density at radius 1 is 1.32 bits per heavy atom. The van der Waals surface area contributed by atoms with Crippen molar-refractivity contribution in [1.82, 2.24) is 9.80 Å². The maximum Gasteiger partial charge on any atom is 0.224 e. The summed E-state index contributed by atoms with van der Waals surface area (Å²) >= 11 is 0. The van der Waals surface area contributed by atoms with Crippen molar-refractivity contribution in [2.75, 3.05) is 19.6 Å². The zero-order chi connectivity index (χ0) is 13.8. The third-order valence-corrected chi connectivity index (χ3v) is 4.88. The molecule has 0 aliphatic carbocycles. The quantitative estimate of drug-likeness (QED) is 0.823. The van der Waals surface area contributed by atoms with Crippen molar-refractivity contribution in [1.29, 1.82) is 0 Å². The molecule has 19 heavy (non-hydrogen) atoms. The van der Waals surface area contributed by atoms with E-state index in [4.69, 9.17) is 5.73 Å². The fourth-order valence-corrected chi connectivity index (χ4v) is 3.77. The summed E-state index contributed by atoms with van der Waals surface area (Å²) in [5.41, 5.74) is 5.97. The predicted octanol–water partition coefficient (Wildman–Crippen LogP) is 1.59. The third-order valence-electron chi connectivity index (χ3n) is 4.88. The molecule has 2 saturated heterocycles. The van der Waals surface area contributed by atoms with Gasteiger partial charge in [-0.15, -0.1) is 0 Å². The van der Waals surface area contributed by atoms with E-state index in [-0.39, 0.29) is 6.04 Å². The monoisotopic (exact) mass is 267 g/mol. The molecule has 0 aromatic rings. The second-order valence-corrected chi connectivity index (χ2v) is 6.12. The molecule has 3 atom stereocenters. The van der Waals surface area contributed by atoms with Gasteiger partial charge in [0.15, 0.2) is 0 Å². The van der Waals surface area contributed by atoms with Crippen LogP contribution in [0.4, 0.5) is 0 Å². The molecule has 2 aliphatic heterocycles. The number of nitrogens with two attached hydrogens (primary N) is 1. The van der Waals surface area contributed by atoms with Crippen LogP contribution in [0, 0.1) is 0 Å². The molecule has 0 aromatic carbocycles. The first-order valence-electron chi connectivity index (χ1n) is 7.92. The summed E-state index contributed by atoms with van der Waals surface area (Å²) in [5, 5.41) is 0. The third kappa shape index (κ3) is 3.29. The average Bonchev–Trinajstić information content (AvgIpc) is 3.05. The number of hydrogen-bond acceptors (Lipinski definition) is 3. The van der Waals surface area contributed by atoms with E-state index in [1.54, 1.807) is 0 Å². The van der Waals surface area contributed by atoms with Crippen molar-refractivity contribution in [3.63, 3.8) is 0 Å². The van der Waals surface area contributed by atoms with Crippen LogP contribution in [-0.4, -0.2) is 53.5 Å². The Hall–Kier alpha value is -0.610. The highest BCUT2D eigenvalue weighted by Gasteiger charge is 2.35. The largest absolute Gasteiger partial charge is 0.343 e. The summed E-state index contributed by atoms with van der Waals surface area (Å²) in [7, 11) is 0. The molecule has 2 heterocycles. The van der Waals surface area contributed by atoms with Gasteiger partial charge >= 0.3 is 0 Å². The number of amides is 1. The van der Waals surface area contributed by atoms with Gasteiger partial charge in [-0.3, -0.25) is 9.69 Å². The molecule has 1 amide bonds. The lowest BCUT2D eigenvalue weighted by molar-refractivity contribution is -0.131. The van der Waals surface area contributed by atoms with E-state index in [1.807, 2.05) is 4.90 Å². The van der Waals surface area contributed by atoms with Gasteiger partial charge in [-0.05, 0) is 39.0 Å². The highest BCUT2D eigenvalue weighted by molar-refractivity contribution is 5.77. The van der Waals surface area contributed by atoms with E-state index in [2.05, 4.69) is 18.7 Å². The maximum atomic E-state index is 12.3. The van der Waals surface area contributed by atoms with E-state index < -0.39 is 0 Å². The van der Waals surface area contributed by atoms with Crippen LogP contribution in [0.5, 0.6) is 0 Å². The number of rotatable bonds is 5. The fourth-order valence-electron chi connectivity index (χ4n) is 3.77. The second kappa shape index (κ2) is 6.71. The minimum absolute atomic E-state index is 0.232. The highest BCUT2D eigenvalue weighted by atomic mass is 16.2. The number of hydrogen-bond donors (Lipinski definition) is 1. The topological polar surface area (TPSA) is 49.6 Å². The van der Waals surface area contributed by atoms with Crippen molar-refractivity contribution in [2.24, 2.45) is 5.73 Å². The van der Waals surface area contributed by atoms with Crippen LogP contribution in [0.3, 0.4) is 0 Å². The van der Waals surface area contributed by atoms with Gasteiger partial charge in [0.05, 0.1) is 0 Å². The van der Waals surface area contributed by atoms with Gasteiger partial charge in [-0.2, -0.15) is 0 Å². The van der Waals surface area contributed by atoms with E-state index in [0.29, 0.717) is 31.0 Å². The standard InChI is InChI=1S/C15H29N3O/c1-3-13-7-6-12(2)18(13)14(11-16)10-15(19)17-8-4-5-9-17/h12-14H,3-11,16H2,1-2H3. The highest BCUT2D eigenvalue weighted by Crippen LogP contribution is 2.29. The van der Waals surface area contributed by atoms with Crippen LogP contribution in [0.1, 0.15) is 52.4 Å². The molecule has 0 radical (unpaired) electrons. The van der Waals surface area contributed by atoms with Crippen molar-refractivity contribution in [3.8, 4) is 0 Å². The van der Waals surface area contributed by atoms with E-state index in [9.17, 15) is 4.79 Å². The molecule has 4 nitrogen and oxygen atoms in total. The molecule has 0 spiro atoms. The van der Waals surface area contributed by atoms with E-state index >= 15 is 0 Å². The van der Waals surface area contributed by atoms with Crippen molar-refractivity contribution >= 4 is 5.91 Å². The van der Waals surface area contributed by atoms with Crippen LogP contribution in [0.15, 0.2) is 0 Å². The molecular weight excluding hydrogens is 238 g/mol. The Morgan fingerprint density at radius 3 is 2.58 bits per heavy atom. The van der Waals surface area contributed by atoms with Crippen LogP contribution in [-0.2, 0) is 4.79 Å². The summed E-state index contributed by atoms with van der Waals surface area (Å²) in [4.78, 5) is 16.9. The molecule has 2 aliphatic rings. The van der Waals surface area contributed by atoms with Gasteiger partial charge in [0.2, 0.25) is 5.91 Å². The van der Waals surface area contributed by atoms with Gasteiger partial charge in [0, 0.05) is 44.2 Å². The van der Waals surface area contributed by atoms with E-state index in [0.717, 1.165) is 25.9 Å². The summed E-state index contributed by atoms with van der Waals surface area (Å²) in [5.74, 6) is 0.307. The van der Waals surface area contributed by atoms with Crippen molar-refractivity contribution in [3.05, 3.63) is 0 Å². The molecule has 2 N–H and O–H groups in total. The van der Waals surface area contributed by atoms with Gasteiger partial charge < -0.3 is 10.6 Å². The molecule has 2 fully saturated rings. The summed E-state index contributed by atoms with van der Waals surface area (Å²) < 4.78 is 0. The van der Waals surface area contributed by atoms with Gasteiger partial charge in [0.1, 0.15) is 0 Å². The smallest absolute Gasteiger partial charge is 0.224 e. The molecular formula is C15H29N3O. The average molecular weight is 267 g/mol. The molecule has 0 saturated carbocycles. The zero-order valence-electron chi connectivity index (χ0n) is 12.5. The number of likely N-dealkylation sites (tertiary alicyclic amines) is 2. The lowest BCUT2D eigenvalue weighted by Gasteiger charge is -2.35. The Morgan fingerprint density at radius 2 is 2.00 bits per heavy atom. The van der Waals surface area contributed by atoms with Crippen LogP contribution >= 0.6 is 0 Å². The van der Waals surface area contributed by atoms with Crippen LogP contribution in [0.2, 0.25) is 0 Å². The lowest BCUT2D eigenvalue weighted by atomic mass is 10.1. The molecule has 2 rings (SSSR count). The lowest BCUT2D eigenvalue weighted by Crippen LogP contribution is -2.49. The first-order valence-corrected chi connectivity index (χ1v) is 7.92. The number of nitrogens with zero attached hydrogens (tertiary/aromatic N) is 2. The van der Waals surface area contributed by atoms with Gasteiger partial charge in [0.25, 0.3) is 0 Å². The Balaban J connectivity index is 1.96. The normalized spacial score (nSPS) is 29.9. The summed E-state index contributed by atoms with van der Waals surface area (Å²) in [6.45, 7) is 7.01. The SMILES string of the molecule is CCC1CCC(C)N1C(CN)CC(=O)N1CCCC1. The second-order valence-electron chi connectivity index (χ2n) is 6.12. The Bertz CT molecular complexity index is 302. The van der Waals surface area contributed by atoms with Crippen molar-refractivity contribution in [2.45, 2.75) is 70.5 Å². The minimum atomic E-state index is 0.232. The minimum Gasteiger partial charge on any atom is -0.343 e. The van der Waals surface area contributed by atoms with E-state index in [1.165, 1.54) is 19.3 Å². The summed E-state index contributed by atoms with van der Waals surface area (Å²) in [6.07, 6.45) is 6.60. The first-order chi connectivity index (χ1) is 9.17.